The summed E-state index contributed by atoms with van der Waals surface area (Å²) < 4.78 is 23.1. The van der Waals surface area contributed by atoms with Crippen LogP contribution in [0.15, 0.2) is 0 Å². The van der Waals surface area contributed by atoms with Gasteiger partial charge in [-0.15, -0.1) is 0 Å². The van der Waals surface area contributed by atoms with Gasteiger partial charge in [-0.2, -0.15) is 0 Å². The molecular weight excluding hydrogens is 252 g/mol. The second-order valence-electron chi connectivity index (χ2n) is 4.98. The lowest BCUT2D eigenvalue weighted by Gasteiger charge is -2.10. The van der Waals surface area contributed by atoms with Crippen LogP contribution in [0.1, 0.15) is 29.9 Å². The maximum Gasteiger partial charge on any atom is 0.160 e. The number of nitrogens with zero attached hydrogens (tertiary/aromatic N) is 2. The lowest BCUT2D eigenvalue weighted by molar-refractivity contribution is 0.584. The molecule has 18 heavy (non-hydrogen) atoms. The summed E-state index contributed by atoms with van der Waals surface area (Å²) in [6.07, 6.45) is 3.00. The number of fused-ring (bicyclic) bond motifs is 1. The van der Waals surface area contributed by atoms with Crippen LogP contribution in [0, 0.1) is 0 Å². The number of rotatable bonds is 2. The van der Waals surface area contributed by atoms with E-state index in [9.17, 15) is 8.42 Å². The fraction of sp³-hybridized carbons (Fsp3) is 0.636. The second kappa shape index (κ2) is 4.17. The van der Waals surface area contributed by atoms with Crippen molar-refractivity contribution in [3.63, 3.8) is 0 Å². The fourth-order valence-electron chi connectivity index (χ4n) is 2.60. The van der Waals surface area contributed by atoms with Crippen LogP contribution in [0.3, 0.4) is 0 Å². The Balaban J connectivity index is 1.88. The van der Waals surface area contributed by atoms with E-state index in [0.29, 0.717) is 28.9 Å². The Labute approximate surface area is 106 Å². The van der Waals surface area contributed by atoms with Crippen molar-refractivity contribution in [3.05, 3.63) is 17.1 Å². The second-order valence-corrected chi connectivity index (χ2v) is 7.04. The lowest BCUT2D eigenvalue weighted by atomic mass is 10.1. The molecule has 1 fully saturated rings. The molecule has 1 aromatic heterocycles. The first-order valence-electron chi connectivity index (χ1n) is 6.11. The molecular formula is C11H16N4O2S. The third kappa shape index (κ3) is 2.20. The number of nitrogens with two attached hydrogens (primary N) is 1. The molecule has 1 saturated heterocycles. The highest BCUT2D eigenvalue weighted by Gasteiger charge is 2.29. The molecule has 0 saturated carbocycles. The molecule has 3 N–H and O–H groups in total. The molecule has 3 rings (SSSR count). The van der Waals surface area contributed by atoms with Gasteiger partial charge in [0.1, 0.15) is 11.6 Å². The van der Waals surface area contributed by atoms with Crippen molar-refractivity contribution in [2.45, 2.75) is 36.8 Å². The van der Waals surface area contributed by atoms with Gasteiger partial charge in [-0.1, -0.05) is 0 Å². The maximum atomic E-state index is 11.6. The van der Waals surface area contributed by atoms with Gasteiger partial charge in [0.15, 0.2) is 9.84 Å². The largest absolute Gasteiger partial charge is 0.383 e. The highest BCUT2D eigenvalue weighted by Crippen LogP contribution is 2.27. The van der Waals surface area contributed by atoms with E-state index in [2.05, 4.69) is 15.3 Å². The smallest absolute Gasteiger partial charge is 0.160 e. The average molecular weight is 268 g/mol. The first-order chi connectivity index (χ1) is 8.53. The first-order valence-corrected chi connectivity index (χ1v) is 7.93. The summed E-state index contributed by atoms with van der Waals surface area (Å²) in [5, 5.41) is 3.37. The van der Waals surface area contributed by atoms with Gasteiger partial charge in [-0.3, -0.25) is 0 Å². The van der Waals surface area contributed by atoms with Gasteiger partial charge >= 0.3 is 0 Å². The van der Waals surface area contributed by atoms with E-state index >= 15 is 0 Å². The van der Waals surface area contributed by atoms with E-state index in [1.807, 2.05) is 0 Å². The van der Waals surface area contributed by atoms with Crippen LogP contribution in [-0.2, 0) is 27.8 Å². The summed E-state index contributed by atoms with van der Waals surface area (Å²) >= 11 is 0. The summed E-state index contributed by atoms with van der Waals surface area (Å²) in [5.74, 6) is 0.966. The normalized spacial score (nSPS) is 25.2. The molecule has 98 valence electrons. The number of aromatic nitrogens is 2. The summed E-state index contributed by atoms with van der Waals surface area (Å²) in [6.45, 7) is 1.03. The molecule has 1 aromatic rings. The third-order valence-corrected chi connectivity index (χ3v) is 4.93. The van der Waals surface area contributed by atoms with Crippen molar-refractivity contribution < 1.29 is 8.42 Å². The molecule has 3 heterocycles. The van der Waals surface area contributed by atoms with Crippen LogP contribution >= 0.6 is 0 Å². The van der Waals surface area contributed by atoms with Crippen molar-refractivity contribution in [2.75, 3.05) is 12.3 Å². The van der Waals surface area contributed by atoms with Gasteiger partial charge in [0.25, 0.3) is 0 Å². The van der Waals surface area contributed by atoms with Crippen LogP contribution in [0.4, 0.5) is 5.82 Å². The minimum atomic E-state index is -3.07. The Morgan fingerprint density at radius 3 is 2.89 bits per heavy atom. The van der Waals surface area contributed by atoms with Gasteiger partial charge in [0.05, 0.1) is 17.2 Å². The predicted molar refractivity (Wildman–Crippen MR) is 67.5 cm³/mol. The van der Waals surface area contributed by atoms with E-state index in [-0.39, 0.29) is 11.5 Å². The first kappa shape index (κ1) is 11.9. The van der Waals surface area contributed by atoms with Crippen molar-refractivity contribution >= 4 is 15.7 Å². The molecule has 1 atom stereocenters. The van der Waals surface area contributed by atoms with Crippen molar-refractivity contribution in [2.24, 2.45) is 0 Å². The number of hydrogen-bond acceptors (Lipinski definition) is 6. The van der Waals surface area contributed by atoms with Gasteiger partial charge in [-0.25, -0.2) is 18.4 Å². The Kier molecular flexibility index (Phi) is 2.74. The van der Waals surface area contributed by atoms with Crippen LogP contribution in [0.5, 0.6) is 0 Å². The molecule has 0 bridgehead atoms. The Morgan fingerprint density at radius 2 is 2.17 bits per heavy atom. The van der Waals surface area contributed by atoms with Gasteiger partial charge in [0, 0.05) is 18.0 Å². The monoisotopic (exact) mass is 268 g/mol. The summed E-state index contributed by atoms with van der Waals surface area (Å²) in [5.41, 5.74) is 7.02. The lowest BCUT2D eigenvalue weighted by Crippen LogP contribution is -2.25. The quantitative estimate of drug-likeness (QED) is 0.769. The molecule has 0 aliphatic carbocycles. The van der Waals surface area contributed by atoms with Crippen molar-refractivity contribution in [3.8, 4) is 0 Å². The number of nitrogens with one attached hydrogen (secondary N) is 1. The molecule has 2 aliphatic rings. The fourth-order valence-corrected chi connectivity index (χ4v) is 4.11. The average Bonchev–Trinajstić information content (AvgIpc) is 2.85. The Bertz CT molecular complexity index is 579. The van der Waals surface area contributed by atoms with Crippen molar-refractivity contribution in [1.82, 2.24) is 15.3 Å². The number of anilines is 1. The van der Waals surface area contributed by atoms with Crippen LogP contribution < -0.4 is 11.1 Å². The zero-order valence-corrected chi connectivity index (χ0v) is 10.8. The molecule has 0 spiro atoms. The molecule has 6 nitrogen and oxygen atoms in total. The Morgan fingerprint density at radius 1 is 1.33 bits per heavy atom. The SMILES string of the molecule is Nc1nc(CC2CCCN2)nc2c1CS(=O)(=O)C2. The van der Waals surface area contributed by atoms with E-state index < -0.39 is 9.84 Å². The Hall–Kier alpha value is -1.21. The molecule has 0 aromatic carbocycles. The zero-order valence-electron chi connectivity index (χ0n) is 10.0. The van der Waals surface area contributed by atoms with E-state index in [1.165, 1.54) is 6.42 Å². The highest BCUT2D eigenvalue weighted by atomic mass is 32.2. The van der Waals surface area contributed by atoms with E-state index in [1.54, 1.807) is 0 Å². The standard InChI is InChI=1S/C11H16N4O2S/c12-11-8-5-18(16,17)6-9(8)14-10(15-11)4-7-2-1-3-13-7/h7,13H,1-6H2,(H2,12,14,15). The van der Waals surface area contributed by atoms with Gasteiger partial charge in [0.2, 0.25) is 0 Å². The number of sulfone groups is 1. The molecule has 0 radical (unpaired) electrons. The summed E-state index contributed by atoms with van der Waals surface area (Å²) in [6, 6.07) is 0.389. The molecule has 7 heteroatoms. The molecule has 1 unspecified atom stereocenters. The van der Waals surface area contributed by atoms with Crippen LogP contribution in [-0.4, -0.2) is 31.0 Å². The van der Waals surface area contributed by atoms with Crippen LogP contribution in [0.25, 0.3) is 0 Å². The third-order valence-electron chi connectivity index (χ3n) is 3.48. The predicted octanol–water partition coefficient (Wildman–Crippen LogP) is -0.218. The minimum Gasteiger partial charge on any atom is -0.383 e. The zero-order chi connectivity index (χ0) is 12.8. The topological polar surface area (TPSA) is 98.0 Å². The van der Waals surface area contributed by atoms with Gasteiger partial charge in [-0.05, 0) is 19.4 Å². The molecule has 2 aliphatic heterocycles. The van der Waals surface area contributed by atoms with Crippen molar-refractivity contribution in [1.29, 1.82) is 0 Å². The number of hydrogen-bond donors (Lipinski definition) is 2. The van der Waals surface area contributed by atoms with Gasteiger partial charge < -0.3 is 11.1 Å². The highest BCUT2D eigenvalue weighted by molar-refractivity contribution is 7.90. The maximum absolute atomic E-state index is 11.6. The summed E-state index contributed by atoms with van der Waals surface area (Å²) in [7, 11) is -3.07. The van der Waals surface area contributed by atoms with E-state index in [0.717, 1.165) is 19.4 Å². The number of nitrogen functional groups attached to an aromatic ring is 1. The summed E-state index contributed by atoms with van der Waals surface area (Å²) in [4.78, 5) is 8.60. The van der Waals surface area contributed by atoms with E-state index in [4.69, 9.17) is 5.73 Å². The van der Waals surface area contributed by atoms with Crippen LogP contribution in [0.2, 0.25) is 0 Å². The minimum absolute atomic E-state index is 0.000147. The molecule has 0 amide bonds.